The van der Waals surface area contributed by atoms with Crippen molar-refractivity contribution in [1.29, 1.82) is 0 Å². The van der Waals surface area contributed by atoms with Gasteiger partial charge in [0.15, 0.2) is 10.1 Å². The highest BCUT2D eigenvalue weighted by atomic mass is 32.2. The molecule has 1 N–H and O–H groups in total. The maximum absolute atomic E-state index is 12.7. The summed E-state index contributed by atoms with van der Waals surface area (Å²) in [5, 5.41) is 12.2. The number of benzene rings is 2. The molecule has 2 aromatic carbocycles. The third-order valence-corrected chi connectivity index (χ3v) is 5.36. The maximum atomic E-state index is 12.7. The van der Waals surface area contributed by atoms with Crippen molar-refractivity contribution in [2.45, 2.75) is 0 Å². The fourth-order valence-corrected chi connectivity index (χ4v) is 3.74. The zero-order chi connectivity index (χ0) is 21.8. The van der Waals surface area contributed by atoms with E-state index in [-0.39, 0.29) is 20.7 Å². The van der Waals surface area contributed by atoms with Crippen LogP contribution in [0.15, 0.2) is 47.4 Å². The van der Waals surface area contributed by atoms with Crippen molar-refractivity contribution in [3.05, 3.63) is 68.6 Å². The molecule has 1 aliphatic heterocycles. The van der Waals surface area contributed by atoms with Gasteiger partial charge in [0.2, 0.25) is 0 Å². The van der Waals surface area contributed by atoms with Crippen LogP contribution in [0.25, 0.3) is 6.08 Å². The van der Waals surface area contributed by atoms with E-state index in [0.717, 1.165) is 16.8 Å². The van der Waals surface area contributed by atoms with Gasteiger partial charge in [0.25, 0.3) is 11.8 Å². The Bertz CT molecular complexity index is 1070. The lowest BCUT2D eigenvalue weighted by Gasteiger charge is -2.15. The smallest absolute Gasteiger partial charge is 0.311 e. The van der Waals surface area contributed by atoms with Crippen LogP contribution in [-0.4, -0.2) is 40.3 Å². The lowest BCUT2D eigenvalue weighted by molar-refractivity contribution is -0.385. The number of carbonyl (C=O) groups is 2. The summed E-state index contributed by atoms with van der Waals surface area (Å²) < 4.78 is 10.2. The predicted molar refractivity (Wildman–Crippen MR) is 115 cm³/mol. The number of nitrogens with one attached hydrogen (secondary N) is 1. The van der Waals surface area contributed by atoms with Crippen molar-refractivity contribution in [2.24, 2.45) is 0 Å². The van der Waals surface area contributed by atoms with Crippen LogP contribution in [0.1, 0.15) is 15.9 Å². The second kappa shape index (κ2) is 8.93. The topological polar surface area (TPSA) is 111 Å². The number of hydrogen-bond acceptors (Lipinski definition) is 8. The molecule has 3 rings (SSSR count). The predicted octanol–water partition coefficient (Wildman–Crippen LogP) is 3.16. The number of thiocarbonyl (C=S) groups is 1. The van der Waals surface area contributed by atoms with E-state index >= 15 is 0 Å². The average Bonchev–Trinajstić information content (AvgIpc) is 3.00. The minimum Gasteiger partial charge on any atom is -0.497 e. The number of nitrogens with zero attached hydrogens (tertiary/aromatic N) is 2. The van der Waals surface area contributed by atoms with Crippen molar-refractivity contribution < 1.29 is 24.0 Å². The van der Waals surface area contributed by atoms with Gasteiger partial charge in [0.1, 0.15) is 5.75 Å². The summed E-state index contributed by atoms with van der Waals surface area (Å²) in [5.74, 6) is -0.356. The number of nitro benzene ring substituents is 1. The van der Waals surface area contributed by atoms with Crippen molar-refractivity contribution in [3.8, 4) is 11.5 Å². The zero-order valence-electron chi connectivity index (χ0n) is 15.8. The zero-order valence-corrected chi connectivity index (χ0v) is 17.4. The molecule has 9 nitrogen and oxygen atoms in total. The largest absolute Gasteiger partial charge is 0.497 e. The van der Waals surface area contributed by atoms with E-state index in [2.05, 4.69) is 5.43 Å². The van der Waals surface area contributed by atoms with Gasteiger partial charge in [-0.3, -0.25) is 25.1 Å². The summed E-state index contributed by atoms with van der Waals surface area (Å²) in [6, 6.07) is 10.7. The van der Waals surface area contributed by atoms with Crippen LogP contribution in [0.2, 0.25) is 0 Å². The molecule has 1 heterocycles. The number of methoxy groups -OCH3 is 2. The van der Waals surface area contributed by atoms with Gasteiger partial charge in [-0.05, 0) is 54.2 Å². The van der Waals surface area contributed by atoms with E-state index in [0.29, 0.717) is 16.9 Å². The Morgan fingerprint density at radius 1 is 1.20 bits per heavy atom. The molecular formula is C19H15N3O6S2. The number of hydrogen-bond donors (Lipinski definition) is 1. The number of thioether (sulfide) groups is 1. The van der Waals surface area contributed by atoms with Gasteiger partial charge in [0, 0.05) is 11.6 Å². The highest BCUT2D eigenvalue weighted by Crippen LogP contribution is 2.34. The third kappa shape index (κ3) is 4.42. The molecular weight excluding hydrogens is 430 g/mol. The van der Waals surface area contributed by atoms with Crippen molar-refractivity contribution >= 4 is 51.9 Å². The summed E-state index contributed by atoms with van der Waals surface area (Å²) in [7, 11) is 2.84. The SMILES string of the molecule is COc1ccc(C(=O)NN2C(=O)/C(=C\c3ccc(OC)c([N+](=O)[O-])c3)SC2=S)cc1. The lowest BCUT2D eigenvalue weighted by Crippen LogP contribution is -2.44. The fourth-order valence-electron chi connectivity index (χ4n) is 2.56. The van der Waals surface area contributed by atoms with E-state index in [1.54, 1.807) is 30.3 Å². The molecule has 0 bridgehead atoms. The Labute approximate surface area is 180 Å². The second-order valence-corrected chi connectivity index (χ2v) is 7.55. The van der Waals surface area contributed by atoms with Crippen molar-refractivity contribution in [1.82, 2.24) is 10.4 Å². The Morgan fingerprint density at radius 3 is 2.50 bits per heavy atom. The first-order valence-electron chi connectivity index (χ1n) is 8.39. The molecule has 0 atom stereocenters. The molecule has 1 aliphatic rings. The van der Waals surface area contributed by atoms with Gasteiger partial charge in [-0.25, -0.2) is 0 Å². The number of nitro groups is 1. The number of ether oxygens (including phenoxy) is 2. The molecule has 0 unspecified atom stereocenters. The van der Waals surface area contributed by atoms with Gasteiger partial charge < -0.3 is 9.47 Å². The summed E-state index contributed by atoms with van der Waals surface area (Å²) in [4.78, 5) is 35.9. The fraction of sp³-hybridized carbons (Fsp3) is 0.105. The molecule has 2 aromatic rings. The molecule has 11 heteroatoms. The number of hydrazine groups is 1. The molecule has 1 fully saturated rings. The van der Waals surface area contributed by atoms with Gasteiger partial charge in [-0.1, -0.05) is 17.8 Å². The third-order valence-electron chi connectivity index (χ3n) is 4.06. The van der Waals surface area contributed by atoms with E-state index in [1.165, 1.54) is 32.4 Å². The minimum atomic E-state index is -0.573. The summed E-state index contributed by atoms with van der Waals surface area (Å²) in [5.41, 5.74) is 2.98. The maximum Gasteiger partial charge on any atom is 0.311 e. The van der Waals surface area contributed by atoms with Gasteiger partial charge in [-0.2, -0.15) is 5.01 Å². The highest BCUT2D eigenvalue weighted by Gasteiger charge is 2.34. The first-order valence-corrected chi connectivity index (χ1v) is 9.62. The van der Waals surface area contributed by atoms with Crippen LogP contribution in [0, 0.1) is 10.1 Å². The van der Waals surface area contributed by atoms with E-state index in [4.69, 9.17) is 21.7 Å². The van der Waals surface area contributed by atoms with Crippen LogP contribution in [0.4, 0.5) is 5.69 Å². The number of carbonyl (C=O) groups excluding carboxylic acids is 2. The van der Waals surface area contributed by atoms with Crippen molar-refractivity contribution in [3.63, 3.8) is 0 Å². The van der Waals surface area contributed by atoms with Crippen LogP contribution in [0.3, 0.4) is 0 Å². The van der Waals surface area contributed by atoms with Crippen LogP contribution < -0.4 is 14.9 Å². The Kier molecular flexibility index (Phi) is 6.33. The normalized spacial score (nSPS) is 14.7. The average molecular weight is 445 g/mol. The first kappa shape index (κ1) is 21.3. The quantitative estimate of drug-likeness (QED) is 0.312. The number of amides is 2. The van der Waals surface area contributed by atoms with Gasteiger partial charge >= 0.3 is 5.69 Å². The molecule has 0 aliphatic carbocycles. The molecule has 2 amide bonds. The van der Waals surface area contributed by atoms with E-state index in [9.17, 15) is 19.7 Å². The summed E-state index contributed by atoms with van der Waals surface area (Å²) in [6.07, 6.45) is 1.46. The summed E-state index contributed by atoms with van der Waals surface area (Å²) >= 11 is 6.17. The standard InChI is InChI=1S/C19H15N3O6S2/c1-27-13-6-4-12(5-7-13)17(23)20-21-18(24)16(30-19(21)29)10-11-3-8-15(28-2)14(9-11)22(25)26/h3-10H,1-2H3,(H,20,23)/b16-10+. The van der Waals surface area contributed by atoms with Crippen LogP contribution in [0.5, 0.6) is 11.5 Å². The first-order chi connectivity index (χ1) is 14.3. The molecule has 0 aromatic heterocycles. The molecule has 154 valence electrons. The molecule has 30 heavy (non-hydrogen) atoms. The van der Waals surface area contributed by atoms with E-state index < -0.39 is 16.7 Å². The Hall–Kier alpha value is -3.44. The monoisotopic (exact) mass is 445 g/mol. The second-order valence-electron chi connectivity index (χ2n) is 5.87. The van der Waals surface area contributed by atoms with Crippen LogP contribution in [-0.2, 0) is 4.79 Å². The Morgan fingerprint density at radius 2 is 1.90 bits per heavy atom. The van der Waals surface area contributed by atoms with Gasteiger partial charge in [-0.15, -0.1) is 0 Å². The van der Waals surface area contributed by atoms with E-state index in [1.807, 2.05) is 0 Å². The number of rotatable bonds is 6. The van der Waals surface area contributed by atoms with Gasteiger partial charge in [0.05, 0.1) is 24.0 Å². The summed E-state index contributed by atoms with van der Waals surface area (Å²) in [6.45, 7) is 0. The highest BCUT2D eigenvalue weighted by molar-refractivity contribution is 8.26. The minimum absolute atomic E-state index is 0.108. The molecule has 0 saturated carbocycles. The Balaban J connectivity index is 1.79. The van der Waals surface area contributed by atoms with Crippen LogP contribution >= 0.6 is 24.0 Å². The van der Waals surface area contributed by atoms with Crippen molar-refractivity contribution in [2.75, 3.05) is 14.2 Å². The molecule has 0 radical (unpaired) electrons. The molecule has 1 saturated heterocycles. The lowest BCUT2D eigenvalue weighted by atomic mass is 10.1. The molecule has 0 spiro atoms.